The standard InChI is InChI=1S/C15H12O5/c16-12(8-13(17)15(18)19)14-7-11(9-20-14)6-10-4-2-1-3-5-10/h1-5,7-9,17H,6H2,(H,18,19). The summed E-state index contributed by atoms with van der Waals surface area (Å²) in [6.07, 6.45) is 2.66. The maximum atomic E-state index is 11.6. The highest BCUT2D eigenvalue weighted by Crippen LogP contribution is 2.14. The van der Waals surface area contributed by atoms with Gasteiger partial charge >= 0.3 is 5.97 Å². The molecule has 102 valence electrons. The van der Waals surface area contributed by atoms with Crippen molar-refractivity contribution in [3.8, 4) is 0 Å². The molecule has 0 radical (unpaired) electrons. The van der Waals surface area contributed by atoms with E-state index in [1.54, 1.807) is 0 Å². The predicted molar refractivity (Wildman–Crippen MR) is 70.6 cm³/mol. The van der Waals surface area contributed by atoms with E-state index in [4.69, 9.17) is 14.6 Å². The molecule has 0 aliphatic carbocycles. The maximum absolute atomic E-state index is 11.6. The molecule has 0 saturated carbocycles. The van der Waals surface area contributed by atoms with E-state index in [0.29, 0.717) is 12.5 Å². The lowest BCUT2D eigenvalue weighted by Gasteiger charge is -1.96. The van der Waals surface area contributed by atoms with E-state index in [1.807, 2.05) is 30.3 Å². The topological polar surface area (TPSA) is 87.7 Å². The fraction of sp³-hybridized carbons (Fsp3) is 0.0667. The summed E-state index contributed by atoms with van der Waals surface area (Å²) >= 11 is 0. The van der Waals surface area contributed by atoms with Crippen molar-refractivity contribution in [2.45, 2.75) is 6.42 Å². The molecule has 20 heavy (non-hydrogen) atoms. The highest BCUT2D eigenvalue weighted by molar-refractivity contribution is 6.06. The van der Waals surface area contributed by atoms with Gasteiger partial charge in [0, 0.05) is 12.5 Å². The highest BCUT2D eigenvalue weighted by Gasteiger charge is 2.13. The summed E-state index contributed by atoms with van der Waals surface area (Å²) in [5.41, 5.74) is 1.86. The van der Waals surface area contributed by atoms with Crippen LogP contribution in [0.4, 0.5) is 0 Å². The third kappa shape index (κ3) is 3.35. The number of aliphatic hydroxyl groups excluding tert-OH is 1. The van der Waals surface area contributed by atoms with Gasteiger partial charge in [0.1, 0.15) is 0 Å². The number of ketones is 1. The van der Waals surface area contributed by atoms with Gasteiger partial charge in [-0.2, -0.15) is 0 Å². The van der Waals surface area contributed by atoms with Crippen molar-refractivity contribution in [1.29, 1.82) is 0 Å². The van der Waals surface area contributed by atoms with Gasteiger partial charge in [-0.15, -0.1) is 0 Å². The quantitative estimate of drug-likeness (QED) is 0.496. The Morgan fingerprint density at radius 1 is 1.10 bits per heavy atom. The molecule has 0 amide bonds. The Labute approximate surface area is 114 Å². The van der Waals surface area contributed by atoms with Crippen LogP contribution in [-0.4, -0.2) is 22.0 Å². The second-order valence-electron chi connectivity index (χ2n) is 4.18. The summed E-state index contributed by atoms with van der Waals surface area (Å²) in [4.78, 5) is 22.0. The first kappa shape index (κ1) is 13.6. The Bertz CT molecular complexity index is 652. The number of aliphatic carboxylic acids is 1. The van der Waals surface area contributed by atoms with Gasteiger partial charge in [0.15, 0.2) is 5.76 Å². The van der Waals surface area contributed by atoms with Crippen LogP contribution in [-0.2, 0) is 11.2 Å². The number of hydrogen-bond donors (Lipinski definition) is 2. The number of carboxylic acids is 1. The second kappa shape index (κ2) is 5.88. The molecule has 0 aliphatic rings. The molecule has 0 saturated heterocycles. The number of allylic oxidation sites excluding steroid dienone is 1. The zero-order valence-electron chi connectivity index (χ0n) is 10.4. The van der Waals surface area contributed by atoms with Crippen LogP contribution in [0, 0.1) is 0 Å². The van der Waals surface area contributed by atoms with Crippen molar-refractivity contribution in [2.24, 2.45) is 0 Å². The minimum absolute atomic E-state index is 0.0104. The van der Waals surface area contributed by atoms with E-state index in [-0.39, 0.29) is 5.76 Å². The highest BCUT2D eigenvalue weighted by atomic mass is 16.4. The Morgan fingerprint density at radius 3 is 2.45 bits per heavy atom. The summed E-state index contributed by atoms with van der Waals surface area (Å²) in [6.45, 7) is 0. The van der Waals surface area contributed by atoms with Gasteiger partial charge in [-0.3, -0.25) is 4.79 Å². The van der Waals surface area contributed by atoms with E-state index in [2.05, 4.69) is 0 Å². The molecule has 0 atom stereocenters. The maximum Gasteiger partial charge on any atom is 0.371 e. The van der Waals surface area contributed by atoms with Crippen LogP contribution >= 0.6 is 0 Å². The van der Waals surface area contributed by atoms with Gasteiger partial charge in [0.25, 0.3) is 0 Å². The molecule has 0 aliphatic heterocycles. The Kier molecular flexibility index (Phi) is 4.00. The summed E-state index contributed by atoms with van der Waals surface area (Å²) in [7, 11) is 0. The van der Waals surface area contributed by atoms with Crippen LogP contribution in [0.5, 0.6) is 0 Å². The lowest BCUT2D eigenvalue weighted by molar-refractivity contribution is -0.135. The SMILES string of the molecule is O=C(O)C(O)=CC(=O)c1cc(Cc2ccccc2)co1. The van der Waals surface area contributed by atoms with Crippen LogP contribution in [0.25, 0.3) is 0 Å². The minimum atomic E-state index is -1.56. The molecular weight excluding hydrogens is 260 g/mol. The van der Waals surface area contributed by atoms with Crippen molar-refractivity contribution < 1.29 is 24.2 Å². The monoisotopic (exact) mass is 272 g/mol. The van der Waals surface area contributed by atoms with Crippen molar-refractivity contribution in [2.75, 3.05) is 0 Å². The van der Waals surface area contributed by atoms with Crippen LogP contribution < -0.4 is 0 Å². The summed E-state index contributed by atoms with van der Waals surface area (Å²) in [5, 5.41) is 17.5. The molecule has 1 aromatic carbocycles. The average Bonchev–Trinajstić information content (AvgIpc) is 2.88. The van der Waals surface area contributed by atoms with E-state index >= 15 is 0 Å². The largest absolute Gasteiger partial charge is 0.502 e. The second-order valence-corrected chi connectivity index (χ2v) is 4.18. The van der Waals surface area contributed by atoms with Gasteiger partial charge < -0.3 is 14.6 Å². The van der Waals surface area contributed by atoms with E-state index in [9.17, 15) is 9.59 Å². The lowest BCUT2D eigenvalue weighted by atomic mass is 10.1. The number of carboxylic acid groups (broad SMARTS) is 1. The molecule has 2 rings (SSSR count). The zero-order chi connectivity index (χ0) is 14.5. The molecule has 1 heterocycles. The average molecular weight is 272 g/mol. The predicted octanol–water partition coefficient (Wildman–Crippen LogP) is 2.58. The number of aliphatic hydroxyl groups is 1. The Morgan fingerprint density at radius 2 is 1.80 bits per heavy atom. The first-order valence-corrected chi connectivity index (χ1v) is 5.86. The van der Waals surface area contributed by atoms with Crippen molar-refractivity contribution >= 4 is 11.8 Å². The van der Waals surface area contributed by atoms with Gasteiger partial charge in [-0.1, -0.05) is 30.3 Å². The molecule has 1 aromatic heterocycles. The van der Waals surface area contributed by atoms with Gasteiger partial charge in [0.2, 0.25) is 11.5 Å². The third-order valence-electron chi connectivity index (χ3n) is 2.63. The molecular formula is C15H12O5. The van der Waals surface area contributed by atoms with Gasteiger partial charge in [-0.25, -0.2) is 4.79 Å². The van der Waals surface area contributed by atoms with E-state index in [1.165, 1.54) is 12.3 Å². The van der Waals surface area contributed by atoms with Crippen molar-refractivity contribution in [3.63, 3.8) is 0 Å². The summed E-state index contributed by atoms with van der Waals surface area (Å²) < 4.78 is 5.08. The number of carbonyl (C=O) groups is 2. The fourth-order valence-corrected chi connectivity index (χ4v) is 1.69. The number of carbonyl (C=O) groups excluding carboxylic acids is 1. The van der Waals surface area contributed by atoms with Crippen LogP contribution in [0.3, 0.4) is 0 Å². The third-order valence-corrected chi connectivity index (χ3v) is 2.63. The number of rotatable bonds is 5. The van der Waals surface area contributed by atoms with Crippen molar-refractivity contribution in [1.82, 2.24) is 0 Å². The van der Waals surface area contributed by atoms with Crippen LogP contribution in [0.15, 0.2) is 58.9 Å². The molecule has 0 bridgehead atoms. The first-order chi connectivity index (χ1) is 9.56. The fourth-order valence-electron chi connectivity index (χ4n) is 1.69. The van der Waals surface area contributed by atoms with Crippen LogP contribution in [0.1, 0.15) is 21.7 Å². The molecule has 0 spiro atoms. The molecule has 2 aromatic rings. The first-order valence-electron chi connectivity index (χ1n) is 5.86. The molecule has 5 heteroatoms. The molecule has 0 unspecified atom stereocenters. The van der Waals surface area contributed by atoms with Gasteiger partial charge in [0.05, 0.1) is 6.26 Å². The summed E-state index contributed by atoms with van der Waals surface area (Å²) in [5.74, 6) is -3.28. The number of hydrogen-bond acceptors (Lipinski definition) is 4. The number of benzene rings is 1. The molecule has 2 N–H and O–H groups in total. The lowest BCUT2D eigenvalue weighted by Crippen LogP contribution is -2.03. The Balaban J connectivity index is 2.11. The van der Waals surface area contributed by atoms with E-state index < -0.39 is 17.5 Å². The van der Waals surface area contributed by atoms with Gasteiger partial charge in [-0.05, 0) is 17.2 Å². The van der Waals surface area contributed by atoms with E-state index in [0.717, 1.165) is 11.1 Å². The Hall–Kier alpha value is -2.82. The number of furan rings is 1. The summed E-state index contributed by atoms with van der Waals surface area (Å²) in [6, 6.07) is 11.2. The molecule has 5 nitrogen and oxygen atoms in total. The van der Waals surface area contributed by atoms with Crippen molar-refractivity contribution in [3.05, 3.63) is 71.4 Å². The normalized spacial score (nSPS) is 11.3. The smallest absolute Gasteiger partial charge is 0.371 e. The molecule has 0 fully saturated rings. The zero-order valence-corrected chi connectivity index (χ0v) is 10.4. The van der Waals surface area contributed by atoms with Crippen LogP contribution in [0.2, 0.25) is 0 Å². The minimum Gasteiger partial charge on any atom is -0.502 e.